The van der Waals surface area contributed by atoms with Crippen molar-refractivity contribution >= 4 is 17.4 Å². The quantitative estimate of drug-likeness (QED) is 0.638. The zero-order chi connectivity index (χ0) is 20.3. The van der Waals surface area contributed by atoms with E-state index in [1.165, 1.54) is 18.3 Å². The largest absolute Gasteiger partial charge is 0.416 e. The van der Waals surface area contributed by atoms with E-state index in [-0.39, 0.29) is 11.4 Å². The molecule has 1 heterocycles. The molecule has 1 aliphatic carbocycles. The van der Waals surface area contributed by atoms with Crippen LogP contribution in [0.5, 0.6) is 0 Å². The van der Waals surface area contributed by atoms with Crippen LogP contribution >= 0.6 is 0 Å². The van der Waals surface area contributed by atoms with Crippen LogP contribution in [0.1, 0.15) is 35.2 Å². The molecule has 1 amide bonds. The Morgan fingerprint density at radius 3 is 2.64 bits per heavy atom. The Morgan fingerprint density at radius 1 is 1.29 bits per heavy atom. The number of aliphatic hydroxyl groups excluding tert-OH is 1. The molecular formula is C18H18F3N5O2. The average molecular weight is 393 g/mol. The number of aliphatic hydroxyl groups is 1. The summed E-state index contributed by atoms with van der Waals surface area (Å²) in [6, 6.07) is 6.07. The first-order valence-corrected chi connectivity index (χ1v) is 8.64. The number of nitrogens with one attached hydrogen (secondary N) is 3. The number of alkyl halides is 3. The van der Waals surface area contributed by atoms with Crippen molar-refractivity contribution in [2.24, 2.45) is 5.92 Å². The molecule has 3 atom stereocenters. The van der Waals surface area contributed by atoms with E-state index in [0.717, 1.165) is 12.1 Å². The van der Waals surface area contributed by atoms with E-state index in [1.807, 2.05) is 0 Å². The number of carbonyl (C=O) groups excluding carboxylic acids is 1. The smallest absolute Gasteiger partial charge is 0.393 e. The number of carbonyl (C=O) groups is 1. The number of amides is 1. The van der Waals surface area contributed by atoms with Gasteiger partial charge >= 0.3 is 6.18 Å². The summed E-state index contributed by atoms with van der Waals surface area (Å²) >= 11 is 0. The number of anilines is 2. The molecule has 1 fully saturated rings. The fourth-order valence-corrected chi connectivity index (χ4v) is 3.15. The summed E-state index contributed by atoms with van der Waals surface area (Å²) < 4.78 is 37.9. The molecule has 2 aromatic rings. The zero-order valence-electron chi connectivity index (χ0n) is 14.6. The third kappa shape index (κ3) is 4.43. The Kier molecular flexibility index (Phi) is 5.56. The monoisotopic (exact) mass is 393 g/mol. The van der Waals surface area contributed by atoms with Crippen molar-refractivity contribution < 1.29 is 23.1 Å². The molecule has 7 nitrogen and oxygen atoms in total. The van der Waals surface area contributed by atoms with Gasteiger partial charge in [0, 0.05) is 11.7 Å². The molecule has 4 N–H and O–H groups in total. The first-order chi connectivity index (χ1) is 13.3. The normalized spacial score (nSPS) is 22.3. The van der Waals surface area contributed by atoms with Crippen LogP contribution < -0.4 is 10.6 Å². The fourth-order valence-electron chi connectivity index (χ4n) is 3.15. The molecule has 3 unspecified atom stereocenters. The van der Waals surface area contributed by atoms with Gasteiger partial charge < -0.3 is 15.7 Å². The molecule has 0 saturated heterocycles. The van der Waals surface area contributed by atoms with Crippen molar-refractivity contribution in [2.75, 3.05) is 5.32 Å². The van der Waals surface area contributed by atoms with Crippen molar-refractivity contribution in [3.63, 3.8) is 0 Å². The number of benzene rings is 1. The number of nitrogens with zero attached hydrogens (tertiary/aromatic N) is 2. The first kappa shape index (κ1) is 19.7. The molecule has 3 rings (SSSR count). The standard InChI is InChI=1S/C18H18F3N5O2/c19-18(20,21)11-1-3-12(4-2-11)24-16-14(9-23-26-16)17(28)25-15-6-5-13(27)7-10(15)8-22/h1-4,9-10,13,15,27H,5-7H2,(H,25,28)(H2,23,24,26). The minimum Gasteiger partial charge on any atom is -0.393 e. The van der Waals surface area contributed by atoms with Gasteiger partial charge in [0.05, 0.1) is 29.9 Å². The van der Waals surface area contributed by atoms with Crippen molar-refractivity contribution in [1.29, 1.82) is 5.26 Å². The van der Waals surface area contributed by atoms with Gasteiger partial charge in [0.15, 0.2) is 0 Å². The molecule has 1 aliphatic rings. The summed E-state index contributed by atoms with van der Waals surface area (Å²) in [5.41, 5.74) is -0.257. The van der Waals surface area contributed by atoms with Gasteiger partial charge in [-0.15, -0.1) is 0 Å². The third-order valence-electron chi connectivity index (χ3n) is 4.67. The van der Waals surface area contributed by atoms with Gasteiger partial charge in [-0.05, 0) is 43.5 Å². The molecule has 148 valence electrons. The first-order valence-electron chi connectivity index (χ1n) is 8.64. The van der Waals surface area contributed by atoms with Crippen LogP contribution in [-0.2, 0) is 6.18 Å². The van der Waals surface area contributed by atoms with Crippen LogP contribution in [0, 0.1) is 17.2 Å². The summed E-state index contributed by atoms with van der Waals surface area (Å²) in [5.74, 6) is -0.739. The number of H-pyrrole nitrogens is 1. The van der Waals surface area contributed by atoms with E-state index in [0.29, 0.717) is 24.9 Å². The van der Waals surface area contributed by atoms with Crippen LogP contribution in [0.3, 0.4) is 0 Å². The Balaban J connectivity index is 1.69. The van der Waals surface area contributed by atoms with E-state index < -0.39 is 35.7 Å². The highest BCUT2D eigenvalue weighted by Gasteiger charge is 2.32. The van der Waals surface area contributed by atoms with E-state index in [4.69, 9.17) is 0 Å². The van der Waals surface area contributed by atoms with E-state index in [1.54, 1.807) is 0 Å². The van der Waals surface area contributed by atoms with Gasteiger partial charge in [0.2, 0.25) is 0 Å². The van der Waals surface area contributed by atoms with Crippen molar-refractivity contribution in [1.82, 2.24) is 15.5 Å². The topological polar surface area (TPSA) is 114 Å². The lowest BCUT2D eigenvalue weighted by Crippen LogP contribution is -2.44. The average Bonchev–Trinajstić information content (AvgIpc) is 3.11. The third-order valence-corrected chi connectivity index (χ3v) is 4.67. The fraction of sp³-hybridized carbons (Fsp3) is 0.389. The van der Waals surface area contributed by atoms with Crippen molar-refractivity contribution in [3.05, 3.63) is 41.6 Å². The molecule has 1 aromatic heterocycles. The van der Waals surface area contributed by atoms with Crippen LogP contribution in [0.15, 0.2) is 30.5 Å². The van der Waals surface area contributed by atoms with Crippen LogP contribution in [0.2, 0.25) is 0 Å². The van der Waals surface area contributed by atoms with Crippen molar-refractivity contribution in [3.8, 4) is 6.07 Å². The summed E-state index contributed by atoms with van der Waals surface area (Å²) in [5, 5.41) is 30.9. The molecule has 0 spiro atoms. The number of hydrogen-bond donors (Lipinski definition) is 4. The molecule has 0 radical (unpaired) electrons. The second-order valence-corrected chi connectivity index (χ2v) is 6.64. The van der Waals surface area contributed by atoms with Crippen LogP contribution in [-0.4, -0.2) is 33.4 Å². The second-order valence-electron chi connectivity index (χ2n) is 6.64. The van der Waals surface area contributed by atoms with Gasteiger partial charge in [0.25, 0.3) is 5.91 Å². The maximum atomic E-state index is 12.6. The zero-order valence-corrected chi connectivity index (χ0v) is 14.6. The van der Waals surface area contributed by atoms with Gasteiger partial charge in [-0.1, -0.05) is 0 Å². The lowest BCUT2D eigenvalue weighted by atomic mass is 9.83. The molecule has 10 heteroatoms. The SMILES string of the molecule is N#CC1CC(O)CCC1NC(=O)c1cn[nH]c1Nc1ccc(C(F)(F)F)cc1. The number of rotatable bonds is 4. The van der Waals surface area contributed by atoms with E-state index in [9.17, 15) is 28.3 Å². The van der Waals surface area contributed by atoms with Gasteiger partial charge in [-0.25, -0.2) is 0 Å². The van der Waals surface area contributed by atoms with Gasteiger partial charge in [-0.3, -0.25) is 9.89 Å². The van der Waals surface area contributed by atoms with Crippen LogP contribution in [0.4, 0.5) is 24.7 Å². The highest BCUT2D eigenvalue weighted by molar-refractivity contribution is 5.99. The number of aromatic amines is 1. The summed E-state index contributed by atoms with van der Waals surface area (Å²) in [4.78, 5) is 12.6. The Labute approximate surface area is 158 Å². The van der Waals surface area contributed by atoms with Gasteiger partial charge in [-0.2, -0.15) is 23.5 Å². The molecule has 28 heavy (non-hydrogen) atoms. The minimum absolute atomic E-state index is 0.169. The highest BCUT2D eigenvalue weighted by Crippen LogP contribution is 2.30. The van der Waals surface area contributed by atoms with E-state index >= 15 is 0 Å². The Bertz CT molecular complexity index is 873. The van der Waals surface area contributed by atoms with Gasteiger partial charge in [0.1, 0.15) is 11.4 Å². The number of nitriles is 1. The summed E-state index contributed by atoms with van der Waals surface area (Å²) in [6.45, 7) is 0. The lowest BCUT2D eigenvalue weighted by Gasteiger charge is -2.30. The predicted octanol–water partition coefficient (Wildman–Crippen LogP) is 2.96. The predicted molar refractivity (Wildman–Crippen MR) is 93.5 cm³/mol. The number of hydrogen-bond acceptors (Lipinski definition) is 5. The van der Waals surface area contributed by atoms with E-state index in [2.05, 4.69) is 26.9 Å². The Morgan fingerprint density at radius 2 is 2.00 bits per heavy atom. The number of halogens is 3. The molecule has 0 bridgehead atoms. The van der Waals surface area contributed by atoms with Crippen molar-refractivity contribution in [2.45, 2.75) is 37.6 Å². The maximum absolute atomic E-state index is 12.6. The number of aromatic nitrogens is 2. The molecule has 1 saturated carbocycles. The summed E-state index contributed by atoms with van der Waals surface area (Å²) in [7, 11) is 0. The van der Waals surface area contributed by atoms with Crippen LogP contribution in [0.25, 0.3) is 0 Å². The lowest BCUT2D eigenvalue weighted by molar-refractivity contribution is -0.137. The Hall–Kier alpha value is -3.06. The minimum atomic E-state index is -4.43. The highest BCUT2D eigenvalue weighted by atomic mass is 19.4. The maximum Gasteiger partial charge on any atom is 0.416 e. The summed E-state index contributed by atoms with van der Waals surface area (Å²) in [6.07, 6.45) is -2.42. The molecule has 0 aliphatic heterocycles. The second kappa shape index (κ2) is 7.90. The molecule has 1 aromatic carbocycles. The molecular weight excluding hydrogens is 375 g/mol.